The molecule has 1 aromatic carbocycles. The SMILES string of the molecule is CC(C)(C)OC(=O)NCCCN(c1ccc(F)cc1)C1CCC(n2ncc(NC[C@H]3CCCOC3)c(Cl)c2=O)CC1. The number of anilines is 2. The summed E-state index contributed by atoms with van der Waals surface area (Å²) in [7, 11) is 0. The first kappa shape index (κ1) is 31.1. The van der Waals surface area contributed by atoms with Gasteiger partial charge in [-0.1, -0.05) is 11.6 Å². The Hall–Kier alpha value is -2.85. The molecule has 1 aromatic heterocycles. The largest absolute Gasteiger partial charge is 0.444 e. The van der Waals surface area contributed by atoms with Crippen LogP contribution in [0.15, 0.2) is 35.3 Å². The Morgan fingerprint density at radius 1 is 1.20 bits per heavy atom. The van der Waals surface area contributed by atoms with E-state index < -0.39 is 11.7 Å². The maximum Gasteiger partial charge on any atom is 0.407 e. The molecule has 0 radical (unpaired) electrons. The van der Waals surface area contributed by atoms with Gasteiger partial charge in [0.05, 0.1) is 24.5 Å². The second-order valence-electron chi connectivity index (χ2n) is 12.0. The van der Waals surface area contributed by atoms with Crippen LogP contribution in [0, 0.1) is 11.7 Å². The monoisotopic (exact) mass is 591 g/mol. The van der Waals surface area contributed by atoms with Crippen LogP contribution >= 0.6 is 11.6 Å². The topological polar surface area (TPSA) is 97.7 Å². The van der Waals surface area contributed by atoms with Crippen LogP contribution in [0.25, 0.3) is 0 Å². The molecule has 0 spiro atoms. The van der Waals surface area contributed by atoms with Crippen LogP contribution in [0.1, 0.15) is 71.8 Å². The van der Waals surface area contributed by atoms with Gasteiger partial charge in [-0.15, -0.1) is 0 Å². The van der Waals surface area contributed by atoms with Crippen molar-refractivity contribution < 1.29 is 18.7 Å². The number of hydrogen-bond donors (Lipinski definition) is 2. The average Bonchev–Trinajstić information content (AvgIpc) is 2.94. The Morgan fingerprint density at radius 3 is 2.59 bits per heavy atom. The molecule has 9 nitrogen and oxygen atoms in total. The minimum atomic E-state index is -0.550. The number of carbonyl (C=O) groups excluding carboxylic acids is 1. The van der Waals surface area contributed by atoms with E-state index in [0.717, 1.165) is 50.8 Å². The maximum atomic E-state index is 13.7. The lowest BCUT2D eigenvalue weighted by Crippen LogP contribution is -2.42. The lowest BCUT2D eigenvalue weighted by atomic mass is 9.89. The molecular weight excluding hydrogens is 549 g/mol. The number of nitrogens with one attached hydrogen (secondary N) is 2. The molecule has 1 aliphatic carbocycles. The van der Waals surface area contributed by atoms with Gasteiger partial charge in [0.2, 0.25) is 0 Å². The first-order chi connectivity index (χ1) is 19.6. The lowest BCUT2D eigenvalue weighted by molar-refractivity contribution is 0.0527. The molecule has 0 unspecified atom stereocenters. The summed E-state index contributed by atoms with van der Waals surface area (Å²) in [5.74, 6) is 0.117. The van der Waals surface area contributed by atoms with Crippen LogP contribution in [-0.4, -0.2) is 60.4 Å². The molecule has 2 fully saturated rings. The van der Waals surface area contributed by atoms with Crippen molar-refractivity contribution in [1.29, 1.82) is 0 Å². The van der Waals surface area contributed by atoms with Gasteiger partial charge in [0, 0.05) is 38.0 Å². The molecule has 11 heteroatoms. The molecule has 1 saturated heterocycles. The van der Waals surface area contributed by atoms with Crippen molar-refractivity contribution in [3.8, 4) is 0 Å². The van der Waals surface area contributed by atoms with Gasteiger partial charge >= 0.3 is 6.09 Å². The van der Waals surface area contributed by atoms with Gasteiger partial charge in [0.25, 0.3) is 5.56 Å². The first-order valence-electron chi connectivity index (χ1n) is 14.7. The van der Waals surface area contributed by atoms with E-state index in [0.29, 0.717) is 44.3 Å². The van der Waals surface area contributed by atoms with E-state index in [1.165, 1.54) is 16.8 Å². The Morgan fingerprint density at radius 2 is 1.93 bits per heavy atom. The van der Waals surface area contributed by atoms with Crippen molar-refractivity contribution >= 4 is 29.1 Å². The molecule has 2 aromatic rings. The summed E-state index contributed by atoms with van der Waals surface area (Å²) >= 11 is 6.49. The lowest BCUT2D eigenvalue weighted by Gasteiger charge is -2.38. The molecule has 1 atom stereocenters. The molecule has 226 valence electrons. The van der Waals surface area contributed by atoms with Crippen LogP contribution in [0.3, 0.4) is 0 Å². The van der Waals surface area contributed by atoms with E-state index in [1.807, 2.05) is 20.8 Å². The second kappa shape index (κ2) is 14.4. The number of benzene rings is 1. The molecule has 1 aliphatic heterocycles. The standard InChI is InChI=1S/C30H43ClFN5O4/c1-30(2,3)41-29(39)33-15-5-16-36(23-9-7-22(32)8-10-23)24-11-13-25(14-12-24)37-28(38)27(31)26(19-35-37)34-18-21-6-4-17-40-20-21/h7-10,19,21,24-25,34H,4-6,11-18,20H2,1-3H3,(H,33,39)/t21-,24?,25?/m1/s1. The van der Waals surface area contributed by atoms with Crippen LogP contribution in [0.2, 0.25) is 5.02 Å². The summed E-state index contributed by atoms with van der Waals surface area (Å²) in [6, 6.07) is 6.69. The number of carbonyl (C=O) groups is 1. The number of nitrogens with zero attached hydrogens (tertiary/aromatic N) is 3. The smallest absolute Gasteiger partial charge is 0.407 e. The molecule has 4 rings (SSSR count). The number of ether oxygens (including phenoxy) is 2. The highest BCUT2D eigenvalue weighted by Gasteiger charge is 2.29. The van der Waals surface area contributed by atoms with Gasteiger partial charge in [-0.05, 0) is 95.9 Å². The zero-order chi connectivity index (χ0) is 29.4. The van der Waals surface area contributed by atoms with E-state index in [-0.39, 0.29) is 28.5 Å². The van der Waals surface area contributed by atoms with Crippen LogP contribution in [0.5, 0.6) is 0 Å². The normalized spacial score (nSPS) is 21.2. The fourth-order valence-corrected chi connectivity index (χ4v) is 5.78. The number of alkyl carbamates (subject to hydrolysis) is 1. The third-order valence-electron chi connectivity index (χ3n) is 7.63. The van der Waals surface area contributed by atoms with Crippen LogP contribution in [0.4, 0.5) is 20.6 Å². The highest BCUT2D eigenvalue weighted by Crippen LogP contribution is 2.33. The summed E-state index contributed by atoms with van der Waals surface area (Å²) in [5.41, 5.74) is 0.674. The Balaban J connectivity index is 1.35. The van der Waals surface area contributed by atoms with E-state index in [2.05, 4.69) is 20.6 Å². The summed E-state index contributed by atoms with van der Waals surface area (Å²) < 4.78 is 26.1. The average molecular weight is 592 g/mol. The van der Waals surface area contributed by atoms with E-state index in [9.17, 15) is 14.0 Å². The van der Waals surface area contributed by atoms with Crippen LogP contribution < -0.4 is 21.1 Å². The summed E-state index contributed by atoms with van der Waals surface area (Å²) in [6.45, 7) is 8.86. The fraction of sp³-hybridized carbons (Fsp3) is 0.633. The van der Waals surface area contributed by atoms with Crippen molar-refractivity contribution in [3.05, 3.63) is 51.7 Å². The second-order valence-corrected chi connectivity index (χ2v) is 12.4. The molecular formula is C30H43ClFN5O4. The zero-order valence-corrected chi connectivity index (χ0v) is 25.1. The van der Waals surface area contributed by atoms with Crippen molar-refractivity contribution in [2.24, 2.45) is 5.92 Å². The molecule has 2 aliphatic rings. The van der Waals surface area contributed by atoms with Crippen molar-refractivity contribution in [1.82, 2.24) is 15.1 Å². The first-order valence-corrected chi connectivity index (χ1v) is 15.1. The van der Waals surface area contributed by atoms with E-state index >= 15 is 0 Å². The zero-order valence-electron chi connectivity index (χ0n) is 24.3. The van der Waals surface area contributed by atoms with Gasteiger partial charge in [-0.2, -0.15) is 5.10 Å². The Kier molecular flexibility index (Phi) is 10.9. The molecule has 1 saturated carbocycles. The number of aromatic nitrogens is 2. The minimum absolute atomic E-state index is 0.0408. The summed E-state index contributed by atoms with van der Waals surface area (Å²) in [6.07, 6.45) is 7.28. The van der Waals surface area contributed by atoms with Crippen LogP contribution in [-0.2, 0) is 9.47 Å². The quantitative estimate of drug-likeness (QED) is 0.338. The van der Waals surface area contributed by atoms with Gasteiger partial charge in [0.15, 0.2) is 0 Å². The molecule has 41 heavy (non-hydrogen) atoms. The third kappa shape index (κ3) is 9.07. The molecule has 2 heterocycles. The Labute approximate surface area is 246 Å². The van der Waals surface area contributed by atoms with Gasteiger partial charge in [-0.3, -0.25) is 4.79 Å². The predicted octanol–water partition coefficient (Wildman–Crippen LogP) is 5.78. The number of halogens is 2. The fourth-order valence-electron chi connectivity index (χ4n) is 5.57. The Bertz CT molecular complexity index is 1190. The minimum Gasteiger partial charge on any atom is -0.444 e. The maximum absolute atomic E-state index is 13.7. The molecule has 2 N–H and O–H groups in total. The number of hydrogen-bond acceptors (Lipinski definition) is 7. The van der Waals surface area contributed by atoms with E-state index in [1.54, 1.807) is 18.3 Å². The van der Waals surface area contributed by atoms with Crippen molar-refractivity contribution in [3.63, 3.8) is 0 Å². The molecule has 0 bridgehead atoms. The highest BCUT2D eigenvalue weighted by molar-refractivity contribution is 6.32. The van der Waals surface area contributed by atoms with E-state index in [4.69, 9.17) is 21.1 Å². The summed E-state index contributed by atoms with van der Waals surface area (Å²) in [4.78, 5) is 27.4. The summed E-state index contributed by atoms with van der Waals surface area (Å²) in [5, 5.41) is 10.8. The van der Waals surface area contributed by atoms with Crippen molar-refractivity contribution in [2.45, 2.75) is 83.4 Å². The van der Waals surface area contributed by atoms with Gasteiger partial charge < -0.3 is 25.0 Å². The van der Waals surface area contributed by atoms with Gasteiger partial charge in [0.1, 0.15) is 16.4 Å². The number of amides is 1. The third-order valence-corrected chi connectivity index (χ3v) is 8.00. The predicted molar refractivity (Wildman–Crippen MR) is 159 cm³/mol. The van der Waals surface area contributed by atoms with Gasteiger partial charge in [-0.25, -0.2) is 13.9 Å². The highest BCUT2D eigenvalue weighted by atomic mass is 35.5. The number of rotatable bonds is 10. The molecule has 1 amide bonds. The van der Waals surface area contributed by atoms with Crippen molar-refractivity contribution in [2.75, 3.05) is 43.1 Å².